The highest BCUT2D eigenvalue weighted by molar-refractivity contribution is 9.10. The molecule has 6 heteroatoms. The minimum atomic E-state index is 0.553. The molecule has 106 valence electrons. The Bertz CT molecular complexity index is 577. The highest BCUT2D eigenvalue weighted by Crippen LogP contribution is 2.25. The van der Waals surface area contributed by atoms with Gasteiger partial charge in [0.15, 0.2) is 0 Å². The Balaban J connectivity index is 2.07. The Hall–Kier alpha value is -1.66. The Morgan fingerprint density at radius 3 is 2.90 bits per heavy atom. The summed E-state index contributed by atoms with van der Waals surface area (Å²) in [4.78, 5) is 8.61. The van der Waals surface area contributed by atoms with Gasteiger partial charge in [0, 0.05) is 24.3 Å². The molecule has 0 amide bonds. The van der Waals surface area contributed by atoms with Crippen molar-refractivity contribution >= 4 is 33.4 Å². The van der Waals surface area contributed by atoms with E-state index in [-0.39, 0.29) is 0 Å². The normalized spacial score (nSPS) is 10.3. The predicted octanol–water partition coefficient (Wildman–Crippen LogP) is 3.35. The molecular weight excluding hydrogens is 320 g/mol. The van der Waals surface area contributed by atoms with Crippen LogP contribution in [0.3, 0.4) is 0 Å². The lowest BCUT2D eigenvalue weighted by molar-refractivity contribution is 0.210. The number of benzene rings is 1. The smallest absolute Gasteiger partial charge is 0.229 e. The van der Waals surface area contributed by atoms with Crippen LogP contribution in [0, 0.1) is 6.92 Å². The Morgan fingerprint density at radius 1 is 1.30 bits per heavy atom. The molecule has 0 unspecified atom stereocenters. The third-order valence-electron chi connectivity index (χ3n) is 2.64. The molecule has 0 bridgehead atoms. The molecule has 0 aliphatic carbocycles. The van der Waals surface area contributed by atoms with Crippen LogP contribution in [0.4, 0.5) is 17.5 Å². The molecule has 1 aromatic carbocycles. The second-order valence-corrected chi connectivity index (χ2v) is 5.15. The van der Waals surface area contributed by atoms with Crippen molar-refractivity contribution in [1.29, 1.82) is 0 Å². The van der Waals surface area contributed by atoms with E-state index in [1.54, 1.807) is 13.3 Å². The second-order valence-electron chi connectivity index (χ2n) is 4.29. The van der Waals surface area contributed by atoms with Gasteiger partial charge in [-0.1, -0.05) is 6.07 Å². The van der Waals surface area contributed by atoms with Crippen molar-refractivity contribution in [2.75, 3.05) is 30.9 Å². The first kappa shape index (κ1) is 14.7. The number of aromatic nitrogens is 2. The zero-order chi connectivity index (χ0) is 14.4. The molecule has 2 rings (SSSR count). The summed E-state index contributed by atoms with van der Waals surface area (Å²) in [5, 5.41) is 6.36. The van der Waals surface area contributed by atoms with Crippen LogP contribution in [0.1, 0.15) is 5.56 Å². The topological polar surface area (TPSA) is 59.1 Å². The summed E-state index contributed by atoms with van der Waals surface area (Å²) >= 11 is 3.52. The second kappa shape index (κ2) is 7.21. The van der Waals surface area contributed by atoms with E-state index in [9.17, 15) is 0 Å². The molecule has 0 aliphatic rings. The number of ether oxygens (including phenoxy) is 1. The maximum Gasteiger partial charge on any atom is 0.229 e. The van der Waals surface area contributed by atoms with Crippen LogP contribution in [0.25, 0.3) is 0 Å². The van der Waals surface area contributed by atoms with Crippen molar-refractivity contribution in [3.63, 3.8) is 0 Å². The van der Waals surface area contributed by atoms with Gasteiger partial charge < -0.3 is 15.4 Å². The van der Waals surface area contributed by atoms with Crippen molar-refractivity contribution in [1.82, 2.24) is 9.97 Å². The number of methoxy groups -OCH3 is 1. The van der Waals surface area contributed by atoms with Crippen molar-refractivity contribution in [3.05, 3.63) is 40.5 Å². The quantitative estimate of drug-likeness (QED) is 0.792. The lowest BCUT2D eigenvalue weighted by atomic mass is 10.2. The van der Waals surface area contributed by atoms with Crippen LogP contribution >= 0.6 is 15.9 Å². The number of anilines is 3. The number of hydrogen-bond acceptors (Lipinski definition) is 5. The molecule has 1 heterocycles. The van der Waals surface area contributed by atoms with E-state index < -0.39 is 0 Å². The summed E-state index contributed by atoms with van der Waals surface area (Å²) in [6.45, 7) is 3.39. The molecule has 2 aromatic rings. The molecule has 20 heavy (non-hydrogen) atoms. The monoisotopic (exact) mass is 336 g/mol. The molecule has 2 N–H and O–H groups in total. The lowest BCUT2D eigenvalue weighted by Crippen LogP contribution is -2.09. The first-order valence-corrected chi connectivity index (χ1v) is 7.07. The summed E-state index contributed by atoms with van der Waals surface area (Å²) < 4.78 is 5.97. The van der Waals surface area contributed by atoms with Gasteiger partial charge in [-0.25, -0.2) is 4.98 Å². The molecule has 0 fully saturated rings. The molecular formula is C14H17BrN4O. The van der Waals surface area contributed by atoms with Crippen LogP contribution in [-0.2, 0) is 4.74 Å². The fourth-order valence-electron chi connectivity index (χ4n) is 1.64. The first-order valence-electron chi connectivity index (χ1n) is 6.28. The molecule has 5 nitrogen and oxygen atoms in total. The fourth-order valence-corrected chi connectivity index (χ4v) is 2.23. The van der Waals surface area contributed by atoms with Crippen LogP contribution in [-0.4, -0.2) is 30.2 Å². The van der Waals surface area contributed by atoms with Crippen molar-refractivity contribution < 1.29 is 4.74 Å². The third-order valence-corrected chi connectivity index (χ3v) is 3.30. The molecule has 0 radical (unpaired) electrons. The summed E-state index contributed by atoms with van der Waals surface area (Å²) in [5.41, 5.74) is 2.13. The number of nitrogens with one attached hydrogen (secondary N) is 2. The molecule has 1 aromatic heterocycles. The molecule has 0 saturated heterocycles. The van der Waals surface area contributed by atoms with Crippen LogP contribution < -0.4 is 10.6 Å². The average molecular weight is 337 g/mol. The third kappa shape index (κ3) is 4.18. The number of nitrogens with zero attached hydrogens (tertiary/aromatic N) is 2. The maximum absolute atomic E-state index is 4.99. The van der Waals surface area contributed by atoms with Gasteiger partial charge >= 0.3 is 0 Å². The standard InChI is InChI=1S/C14H17BrN4O/c1-10-3-4-12(11(15)9-10)18-14-17-6-5-13(19-14)16-7-8-20-2/h3-6,9H,7-8H2,1-2H3,(H2,16,17,18,19). The Morgan fingerprint density at radius 2 is 2.15 bits per heavy atom. The van der Waals surface area contributed by atoms with Gasteiger partial charge in [-0.15, -0.1) is 0 Å². The van der Waals surface area contributed by atoms with E-state index in [4.69, 9.17) is 4.74 Å². The van der Waals surface area contributed by atoms with Gasteiger partial charge in [0.25, 0.3) is 0 Å². The van der Waals surface area contributed by atoms with Gasteiger partial charge in [-0.2, -0.15) is 4.98 Å². The summed E-state index contributed by atoms with van der Waals surface area (Å²) in [6, 6.07) is 7.90. The number of rotatable bonds is 6. The van der Waals surface area contributed by atoms with E-state index in [1.165, 1.54) is 5.56 Å². The number of hydrogen-bond donors (Lipinski definition) is 2. The highest BCUT2D eigenvalue weighted by atomic mass is 79.9. The summed E-state index contributed by atoms with van der Waals surface area (Å²) in [7, 11) is 1.67. The van der Waals surface area contributed by atoms with Gasteiger partial charge in [-0.3, -0.25) is 0 Å². The number of aryl methyl sites for hydroxylation is 1. The zero-order valence-corrected chi connectivity index (χ0v) is 13.1. The van der Waals surface area contributed by atoms with Gasteiger partial charge in [0.1, 0.15) is 5.82 Å². The van der Waals surface area contributed by atoms with E-state index in [0.29, 0.717) is 19.1 Å². The van der Waals surface area contributed by atoms with Gasteiger partial charge in [0.05, 0.1) is 12.3 Å². The van der Waals surface area contributed by atoms with E-state index in [2.05, 4.69) is 36.5 Å². The minimum absolute atomic E-state index is 0.553. The molecule has 0 spiro atoms. The van der Waals surface area contributed by atoms with Crippen molar-refractivity contribution in [2.45, 2.75) is 6.92 Å². The average Bonchev–Trinajstić information content (AvgIpc) is 2.43. The zero-order valence-electron chi connectivity index (χ0n) is 11.5. The largest absolute Gasteiger partial charge is 0.383 e. The van der Waals surface area contributed by atoms with E-state index >= 15 is 0 Å². The molecule has 0 atom stereocenters. The van der Waals surface area contributed by atoms with Crippen LogP contribution in [0.15, 0.2) is 34.9 Å². The highest BCUT2D eigenvalue weighted by Gasteiger charge is 2.03. The SMILES string of the molecule is COCCNc1ccnc(Nc2ccc(C)cc2Br)n1. The Kier molecular flexibility index (Phi) is 5.31. The molecule has 0 saturated carbocycles. The predicted molar refractivity (Wildman–Crippen MR) is 84.6 cm³/mol. The Labute approximate surface area is 126 Å². The molecule has 0 aliphatic heterocycles. The van der Waals surface area contributed by atoms with Crippen molar-refractivity contribution in [2.24, 2.45) is 0 Å². The summed E-state index contributed by atoms with van der Waals surface area (Å²) in [5.74, 6) is 1.32. The number of halogens is 1. The lowest BCUT2D eigenvalue weighted by Gasteiger charge is -2.09. The van der Waals surface area contributed by atoms with E-state index in [1.807, 2.05) is 31.2 Å². The fraction of sp³-hybridized carbons (Fsp3) is 0.286. The van der Waals surface area contributed by atoms with E-state index in [0.717, 1.165) is 16.0 Å². The summed E-state index contributed by atoms with van der Waals surface area (Å²) in [6.07, 6.45) is 1.71. The first-order chi connectivity index (χ1) is 9.69. The van der Waals surface area contributed by atoms with Gasteiger partial charge in [0.2, 0.25) is 5.95 Å². The van der Waals surface area contributed by atoms with Crippen LogP contribution in [0.5, 0.6) is 0 Å². The van der Waals surface area contributed by atoms with Crippen molar-refractivity contribution in [3.8, 4) is 0 Å². The minimum Gasteiger partial charge on any atom is -0.383 e. The maximum atomic E-state index is 4.99. The van der Waals surface area contributed by atoms with Crippen LogP contribution in [0.2, 0.25) is 0 Å². The van der Waals surface area contributed by atoms with Gasteiger partial charge in [-0.05, 0) is 46.6 Å².